The van der Waals surface area contributed by atoms with Crippen LogP contribution in [0.1, 0.15) is 10.6 Å². The van der Waals surface area contributed by atoms with Gasteiger partial charge in [0.05, 0.1) is 0 Å². The number of anilines is 1. The van der Waals surface area contributed by atoms with Crippen molar-refractivity contribution in [2.24, 2.45) is 0 Å². The van der Waals surface area contributed by atoms with Gasteiger partial charge in [0, 0.05) is 18.1 Å². The fraction of sp³-hybridized carbons (Fsp3) is 0. The molecule has 0 unspecified atom stereocenters. The molecule has 0 saturated heterocycles. The average Bonchev–Trinajstić information content (AvgIpc) is 2.72. The molecular formula is C7H6N6O. The smallest absolute Gasteiger partial charge is 0.294 e. The summed E-state index contributed by atoms with van der Waals surface area (Å²) in [7, 11) is 0. The van der Waals surface area contributed by atoms with Crippen molar-refractivity contribution in [2.45, 2.75) is 0 Å². The maximum atomic E-state index is 11.4. The zero-order valence-corrected chi connectivity index (χ0v) is 7.01. The first-order valence-corrected chi connectivity index (χ1v) is 3.81. The Kier molecular flexibility index (Phi) is 2.14. The molecule has 70 valence electrons. The number of nitrogens with one attached hydrogen (secondary N) is 2. The normalized spacial score (nSPS) is 9.71. The van der Waals surface area contributed by atoms with Crippen LogP contribution in [0.2, 0.25) is 0 Å². The van der Waals surface area contributed by atoms with Gasteiger partial charge in [-0.1, -0.05) is 0 Å². The lowest BCUT2D eigenvalue weighted by molar-refractivity contribution is 0.101. The summed E-state index contributed by atoms with van der Waals surface area (Å²) in [6.45, 7) is 0. The summed E-state index contributed by atoms with van der Waals surface area (Å²) in [5.41, 5.74) is 0.640. The molecule has 0 aliphatic heterocycles. The maximum absolute atomic E-state index is 11.4. The van der Waals surface area contributed by atoms with Crippen molar-refractivity contribution in [3.63, 3.8) is 0 Å². The Labute approximate surface area is 78.6 Å². The van der Waals surface area contributed by atoms with E-state index in [0.717, 1.165) is 0 Å². The Morgan fingerprint density at radius 3 is 2.79 bits per heavy atom. The van der Waals surface area contributed by atoms with Crippen molar-refractivity contribution in [2.75, 3.05) is 5.32 Å². The molecule has 0 bridgehead atoms. The highest BCUT2D eigenvalue weighted by atomic mass is 16.2. The first-order chi connectivity index (χ1) is 6.86. The molecule has 0 radical (unpaired) electrons. The number of H-pyrrole nitrogens is 1. The lowest BCUT2D eigenvalue weighted by Crippen LogP contribution is -2.13. The Bertz CT molecular complexity index is 411. The molecule has 14 heavy (non-hydrogen) atoms. The van der Waals surface area contributed by atoms with Gasteiger partial charge in [0.2, 0.25) is 5.82 Å². The quantitative estimate of drug-likeness (QED) is 0.686. The monoisotopic (exact) mass is 190 g/mol. The first-order valence-electron chi connectivity index (χ1n) is 3.81. The highest BCUT2D eigenvalue weighted by Gasteiger charge is 2.08. The third-order valence-electron chi connectivity index (χ3n) is 1.50. The van der Waals surface area contributed by atoms with E-state index < -0.39 is 0 Å². The minimum Gasteiger partial charge on any atom is -0.319 e. The molecule has 0 aliphatic rings. The number of hydrogen-bond donors (Lipinski definition) is 2. The summed E-state index contributed by atoms with van der Waals surface area (Å²) in [5.74, 6) is -0.317. The topological polar surface area (TPSA) is 96.5 Å². The van der Waals surface area contributed by atoms with Crippen LogP contribution in [0, 0.1) is 0 Å². The predicted octanol–water partition coefficient (Wildman–Crippen LogP) is -0.153. The van der Waals surface area contributed by atoms with E-state index in [1.807, 2.05) is 0 Å². The number of hydrogen-bond acceptors (Lipinski definition) is 5. The van der Waals surface area contributed by atoms with E-state index in [1.165, 1.54) is 0 Å². The molecule has 7 nitrogen and oxygen atoms in total. The highest BCUT2D eigenvalue weighted by Crippen LogP contribution is 2.03. The van der Waals surface area contributed by atoms with Crippen LogP contribution in [0.5, 0.6) is 0 Å². The van der Waals surface area contributed by atoms with Gasteiger partial charge in [-0.05, 0) is 22.6 Å². The zero-order valence-electron chi connectivity index (χ0n) is 7.01. The first kappa shape index (κ1) is 8.30. The third kappa shape index (κ3) is 1.71. The van der Waals surface area contributed by atoms with Crippen LogP contribution >= 0.6 is 0 Å². The minimum atomic E-state index is -0.388. The van der Waals surface area contributed by atoms with E-state index in [2.05, 4.69) is 30.9 Å². The molecule has 0 saturated carbocycles. The molecule has 7 heteroatoms. The summed E-state index contributed by atoms with van der Waals surface area (Å²) in [6, 6.07) is 3.34. The van der Waals surface area contributed by atoms with Crippen LogP contribution in [0.15, 0.2) is 24.5 Å². The number of aromatic nitrogens is 5. The number of aromatic amines is 1. The standard InChI is InChI=1S/C7H6N6O/c14-7(6-10-12-13-11-6)9-5-1-3-8-4-2-5/h1-4H,(H,8,9,14)(H,10,11,12,13). The van der Waals surface area contributed by atoms with Gasteiger partial charge in [-0.2, -0.15) is 0 Å². The summed E-state index contributed by atoms with van der Waals surface area (Å²) in [6.07, 6.45) is 3.16. The van der Waals surface area contributed by atoms with E-state index in [1.54, 1.807) is 24.5 Å². The largest absolute Gasteiger partial charge is 0.319 e. The van der Waals surface area contributed by atoms with Gasteiger partial charge in [0.1, 0.15) is 0 Å². The van der Waals surface area contributed by atoms with Crippen molar-refractivity contribution in [1.29, 1.82) is 0 Å². The van der Waals surface area contributed by atoms with Gasteiger partial charge in [0.15, 0.2) is 0 Å². The Morgan fingerprint density at radius 2 is 2.14 bits per heavy atom. The highest BCUT2D eigenvalue weighted by molar-refractivity contribution is 6.01. The van der Waals surface area contributed by atoms with Crippen LogP contribution in [0.4, 0.5) is 5.69 Å². The number of carbonyl (C=O) groups is 1. The summed E-state index contributed by atoms with van der Waals surface area (Å²) in [5, 5.41) is 15.0. The molecule has 2 aromatic heterocycles. The fourth-order valence-corrected chi connectivity index (χ4v) is 0.881. The second-order valence-electron chi connectivity index (χ2n) is 2.44. The minimum absolute atomic E-state index is 0.0711. The van der Waals surface area contributed by atoms with Gasteiger partial charge < -0.3 is 5.32 Å². The molecule has 0 aromatic carbocycles. The van der Waals surface area contributed by atoms with Crippen molar-refractivity contribution < 1.29 is 4.79 Å². The fourth-order valence-electron chi connectivity index (χ4n) is 0.881. The van der Waals surface area contributed by atoms with Crippen LogP contribution < -0.4 is 5.32 Å². The molecule has 2 aromatic rings. The second kappa shape index (κ2) is 3.60. The molecule has 0 atom stereocenters. The summed E-state index contributed by atoms with van der Waals surface area (Å²) < 4.78 is 0. The predicted molar refractivity (Wildman–Crippen MR) is 46.4 cm³/mol. The summed E-state index contributed by atoms with van der Waals surface area (Å²) in [4.78, 5) is 15.2. The molecule has 1 amide bonds. The Morgan fingerprint density at radius 1 is 1.36 bits per heavy atom. The number of rotatable bonds is 2. The number of tetrazole rings is 1. The maximum Gasteiger partial charge on any atom is 0.294 e. The van der Waals surface area contributed by atoms with E-state index >= 15 is 0 Å². The van der Waals surface area contributed by atoms with Crippen molar-refractivity contribution in [3.05, 3.63) is 30.4 Å². The number of pyridine rings is 1. The van der Waals surface area contributed by atoms with E-state index in [0.29, 0.717) is 5.69 Å². The number of nitrogens with zero attached hydrogens (tertiary/aromatic N) is 4. The van der Waals surface area contributed by atoms with Gasteiger partial charge in [-0.3, -0.25) is 9.78 Å². The van der Waals surface area contributed by atoms with Crippen LogP contribution in [-0.2, 0) is 0 Å². The van der Waals surface area contributed by atoms with Crippen LogP contribution in [0.3, 0.4) is 0 Å². The van der Waals surface area contributed by atoms with E-state index in [4.69, 9.17) is 0 Å². The van der Waals surface area contributed by atoms with Gasteiger partial charge in [-0.25, -0.2) is 5.10 Å². The molecular weight excluding hydrogens is 184 g/mol. The van der Waals surface area contributed by atoms with Crippen molar-refractivity contribution in [1.82, 2.24) is 25.6 Å². The van der Waals surface area contributed by atoms with Crippen LogP contribution in [0.25, 0.3) is 0 Å². The van der Waals surface area contributed by atoms with Gasteiger partial charge in [0.25, 0.3) is 5.91 Å². The second-order valence-corrected chi connectivity index (χ2v) is 2.44. The Balaban J connectivity index is 2.10. The van der Waals surface area contributed by atoms with Gasteiger partial charge >= 0.3 is 0 Å². The van der Waals surface area contributed by atoms with Crippen molar-refractivity contribution in [3.8, 4) is 0 Å². The molecule has 2 N–H and O–H groups in total. The van der Waals surface area contributed by atoms with E-state index in [-0.39, 0.29) is 11.7 Å². The molecule has 0 spiro atoms. The molecule has 0 fully saturated rings. The molecule has 2 heterocycles. The van der Waals surface area contributed by atoms with Gasteiger partial charge in [-0.15, -0.1) is 5.10 Å². The lowest BCUT2D eigenvalue weighted by atomic mass is 10.4. The molecule has 2 rings (SSSR count). The summed E-state index contributed by atoms with van der Waals surface area (Å²) >= 11 is 0. The average molecular weight is 190 g/mol. The SMILES string of the molecule is O=C(Nc1ccncc1)c1nnn[nH]1. The number of carbonyl (C=O) groups excluding carboxylic acids is 1. The third-order valence-corrected chi connectivity index (χ3v) is 1.50. The zero-order chi connectivity index (χ0) is 9.80. The van der Waals surface area contributed by atoms with E-state index in [9.17, 15) is 4.79 Å². The van der Waals surface area contributed by atoms with Crippen LogP contribution in [-0.4, -0.2) is 31.5 Å². The Hall–Kier alpha value is -2.31. The number of amides is 1. The lowest BCUT2D eigenvalue weighted by Gasteiger charge is -1.99. The molecule has 0 aliphatic carbocycles. The van der Waals surface area contributed by atoms with Crippen molar-refractivity contribution >= 4 is 11.6 Å².